The molecule has 0 saturated carbocycles. The van der Waals surface area contributed by atoms with Crippen LogP contribution in [-0.4, -0.2) is 22.0 Å². The highest BCUT2D eigenvalue weighted by atomic mass is 32.1. The van der Waals surface area contributed by atoms with Gasteiger partial charge in [-0.25, -0.2) is 0 Å². The van der Waals surface area contributed by atoms with E-state index in [0.717, 1.165) is 16.7 Å². The first-order valence-corrected chi connectivity index (χ1v) is 8.12. The Balaban J connectivity index is 2.38. The number of hydrogen-bond acceptors (Lipinski definition) is 4. The average molecular weight is 334 g/mol. The number of benzene rings is 1. The molecular weight excluding hydrogens is 312 g/mol. The van der Waals surface area contributed by atoms with Crippen molar-refractivity contribution in [1.29, 1.82) is 0 Å². The highest BCUT2D eigenvalue weighted by molar-refractivity contribution is 7.80. The van der Waals surface area contributed by atoms with Gasteiger partial charge in [0.1, 0.15) is 11.7 Å². The Kier molecular flexibility index (Phi) is 5.04. The monoisotopic (exact) mass is 334 g/mol. The number of hydrogen-bond donors (Lipinski definition) is 3. The van der Waals surface area contributed by atoms with Crippen LogP contribution in [0.15, 0.2) is 12.1 Å². The summed E-state index contributed by atoms with van der Waals surface area (Å²) in [5, 5.41) is 15.4. The number of aromatic hydroxyl groups is 1. The van der Waals surface area contributed by atoms with Crippen LogP contribution in [0, 0.1) is 5.92 Å². The highest BCUT2D eigenvalue weighted by Crippen LogP contribution is 2.35. The number of thiocarbonyl (C=S) groups is 1. The summed E-state index contributed by atoms with van der Waals surface area (Å²) in [6.45, 7) is 8.01. The molecule has 2 amide bonds. The molecular formula is C17H22N2O3S. The molecule has 1 aliphatic rings. The molecule has 1 aromatic carbocycles. The number of phenolic OH excluding ortho intramolecular Hbond substituents is 1. The van der Waals surface area contributed by atoms with E-state index >= 15 is 0 Å². The summed E-state index contributed by atoms with van der Waals surface area (Å²) >= 11 is 4.81. The lowest BCUT2D eigenvalue weighted by atomic mass is 9.88. The van der Waals surface area contributed by atoms with Crippen molar-refractivity contribution in [1.82, 2.24) is 10.6 Å². The van der Waals surface area contributed by atoms with Crippen LogP contribution in [0.4, 0.5) is 0 Å². The molecule has 1 aliphatic heterocycles. The summed E-state index contributed by atoms with van der Waals surface area (Å²) in [6.07, 6.45) is 0.278. The van der Waals surface area contributed by atoms with E-state index in [2.05, 4.69) is 10.6 Å². The molecule has 3 N–H and O–H groups in total. The molecule has 0 radical (unpaired) electrons. The van der Waals surface area contributed by atoms with Gasteiger partial charge in [0.05, 0.1) is 0 Å². The van der Waals surface area contributed by atoms with Gasteiger partial charge in [-0.2, -0.15) is 0 Å². The molecule has 5 nitrogen and oxygen atoms in total. The lowest BCUT2D eigenvalue weighted by molar-refractivity contribution is -0.135. The fourth-order valence-electron chi connectivity index (χ4n) is 2.71. The Labute approximate surface area is 141 Å². The number of amides is 2. The van der Waals surface area contributed by atoms with E-state index in [1.54, 1.807) is 0 Å². The zero-order chi connectivity index (χ0) is 17.3. The molecule has 0 atom stereocenters. The molecule has 23 heavy (non-hydrogen) atoms. The van der Waals surface area contributed by atoms with Gasteiger partial charge in [-0.15, -0.1) is 0 Å². The lowest BCUT2D eigenvalue weighted by Crippen LogP contribution is -2.56. The average Bonchev–Trinajstić information content (AvgIpc) is 2.43. The molecule has 1 saturated heterocycles. The van der Waals surface area contributed by atoms with Gasteiger partial charge in [-0.05, 0) is 47.2 Å². The van der Waals surface area contributed by atoms with Crippen molar-refractivity contribution in [3.63, 3.8) is 0 Å². The number of phenols is 1. The molecule has 1 aromatic rings. The first-order chi connectivity index (χ1) is 10.7. The second-order valence-electron chi connectivity index (χ2n) is 6.50. The quantitative estimate of drug-likeness (QED) is 0.583. The second kappa shape index (κ2) is 6.66. The van der Waals surface area contributed by atoms with Crippen molar-refractivity contribution in [3.05, 3.63) is 28.8 Å². The smallest absolute Gasteiger partial charge is 0.239 e. The summed E-state index contributed by atoms with van der Waals surface area (Å²) in [4.78, 5) is 24.0. The summed E-state index contributed by atoms with van der Waals surface area (Å²) in [5.41, 5.74) is 2.52. The van der Waals surface area contributed by atoms with Gasteiger partial charge in [0.2, 0.25) is 11.8 Å². The summed E-state index contributed by atoms with van der Waals surface area (Å²) in [7, 11) is 0. The summed E-state index contributed by atoms with van der Waals surface area (Å²) in [5.74, 6) is -0.986. The maximum absolute atomic E-state index is 12.0. The highest BCUT2D eigenvalue weighted by Gasteiger charge is 2.33. The van der Waals surface area contributed by atoms with Crippen LogP contribution in [0.2, 0.25) is 0 Å². The maximum Gasteiger partial charge on any atom is 0.239 e. The lowest BCUT2D eigenvalue weighted by Gasteiger charge is -2.24. The van der Waals surface area contributed by atoms with Gasteiger partial charge < -0.3 is 15.7 Å². The van der Waals surface area contributed by atoms with Gasteiger partial charge >= 0.3 is 0 Å². The fraction of sp³-hybridized carbons (Fsp3) is 0.471. The standard InChI is InChI=1S/C17H22N2O3S/c1-8(2)11-5-10(6-12(9(3)4)14(11)20)7-13-15(21)18-17(23)19-16(13)22/h5-6,8-9,13,20H,7H2,1-4H3,(H2,18,19,21,22,23). The van der Waals surface area contributed by atoms with Crippen molar-refractivity contribution in [3.8, 4) is 5.75 Å². The molecule has 6 heteroatoms. The normalized spacial score (nSPS) is 16.0. The van der Waals surface area contributed by atoms with E-state index in [9.17, 15) is 14.7 Å². The van der Waals surface area contributed by atoms with Crippen molar-refractivity contribution >= 4 is 29.1 Å². The van der Waals surface area contributed by atoms with Crippen molar-refractivity contribution in [2.45, 2.75) is 46.0 Å². The van der Waals surface area contributed by atoms with Crippen molar-refractivity contribution in [2.75, 3.05) is 0 Å². The predicted octanol–water partition coefficient (Wildman–Crippen LogP) is 2.33. The van der Waals surface area contributed by atoms with Crippen molar-refractivity contribution in [2.24, 2.45) is 5.92 Å². The minimum atomic E-state index is -0.814. The summed E-state index contributed by atoms with van der Waals surface area (Å²) in [6, 6.07) is 3.75. The van der Waals surface area contributed by atoms with Gasteiger partial charge in [0.15, 0.2) is 5.11 Å². The largest absolute Gasteiger partial charge is 0.507 e. The van der Waals surface area contributed by atoms with Crippen LogP contribution in [0.1, 0.15) is 56.2 Å². The first-order valence-electron chi connectivity index (χ1n) is 7.72. The Morgan fingerprint density at radius 3 is 1.87 bits per heavy atom. The molecule has 2 rings (SSSR count). The Hall–Kier alpha value is -1.95. The van der Waals surface area contributed by atoms with E-state index < -0.39 is 5.92 Å². The van der Waals surface area contributed by atoms with Crippen LogP contribution in [-0.2, 0) is 16.0 Å². The second-order valence-corrected chi connectivity index (χ2v) is 6.90. The molecule has 0 bridgehead atoms. The van der Waals surface area contributed by atoms with Crippen LogP contribution in [0.25, 0.3) is 0 Å². The van der Waals surface area contributed by atoms with E-state index in [1.165, 1.54) is 0 Å². The Morgan fingerprint density at radius 2 is 1.48 bits per heavy atom. The molecule has 0 unspecified atom stereocenters. The van der Waals surface area contributed by atoms with Crippen LogP contribution < -0.4 is 10.6 Å². The molecule has 1 heterocycles. The molecule has 1 fully saturated rings. The van der Waals surface area contributed by atoms with E-state index in [1.807, 2.05) is 39.8 Å². The predicted molar refractivity (Wildman–Crippen MR) is 92.4 cm³/mol. The van der Waals surface area contributed by atoms with Crippen LogP contribution in [0.3, 0.4) is 0 Å². The van der Waals surface area contributed by atoms with Gasteiger partial charge in [-0.1, -0.05) is 39.8 Å². The molecule has 124 valence electrons. The number of nitrogens with one attached hydrogen (secondary N) is 2. The SMILES string of the molecule is CC(C)c1cc(CC2C(=O)NC(=S)NC2=O)cc(C(C)C)c1O. The zero-order valence-electron chi connectivity index (χ0n) is 13.8. The molecule has 0 aromatic heterocycles. The van der Waals surface area contributed by atoms with Gasteiger partial charge in [0, 0.05) is 0 Å². The van der Waals surface area contributed by atoms with Gasteiger partial charge in [-0.3, -0.25) is 9.59 Å². The minimum absolute atomic E-state index is 0.0488. The van der Waals surface area contributed by atoms with Crippen LogP contribution in [0.5, 0.6) is 5.75 Å². The van der Waals surface area contributed by atoms with E-state index in [0.29, 0.717) is 5.75 Å². The van der Waals surface area contributed by atoms with Crippen molar-refractivity contribution < 1.29 is 14.7 Å². The fourth-order valence-corrected chi connectivity index (χ4v) is 2.91. The molecule has 0 aliphatic carbocycles. The third-order valence-electron chi connectivity index (χ3n) is 4.02. The number of carbonyl (C=O) groups excluding carboxylic acids is 2. The number of carbonyl (C=O) groups is 2. The van der Waals surface area contributed by atoms with E-state index in [-0.39, 0.29) is 35.2 Å². The first kappa shape index (κ1) is 17.4. The maximum atomic E-state index is 12.0. The third kappa shape index (κ3) is 3.69. The summed E-state index contributed by atoms with van der Waals surface area (Å²) < 4.78 is 0. The Bertz CT molecular complexity index is 619. The minimum Gasteiger partial charge on any atom is -0.507 e. The number of rotatable bonds is 4. The van der Waals surface area contributed by atoms with E-state index in [4.69, 9.17) is 12.2 Å². The molecule has 0 spiro atoms. The third-order valence-corrected chi connectivity index (χ3v) is 4.22. The van der Waals surface area contributed by atoms with Gasteiger partial charge in [0.25, 0.3) is 0 Å². The van der Waals surface area contributed by atoms with Crippen LogP contribution >= 0.6 is 12.2 Å². The zero-order valence-corrected chi connectivity index (χ0v) is 14.6. The topological polar surface area (TPSA) is 78.4 Å². The Morgan fingerprint density at radius 1 is 1.04 bits per heavy atom.